The number of hydrogen-bond acceptors (Lipinski definition) is 3. The van der Waals surface area contributed by atoms with Crippen molar-refractivity contribution in [3.8, 4) is 11.5 Å². The van der Waals surface area contributed by atoms with Gasteiger partial charge >= 0.3 is 0 Å². The van der Waals surface area contributed by atoms with E-state index >= 15 is 0 Å². The number of phenols is 1. The molecule has 1 aromatic carbocycles. The Hall–Kier alpha value is -1.22. The normalized spacial score (nSPS) is 12.5. The Balaban J connectivity index is 2.79. The summed E-state index contributed by atoms with van der Waals surface area (Å²) < 4.78 is 5.03. The molecule has 0 aromatic heterocycles. The maximum Gasteiger partial charge on any atom is 0.160 e. The van der Waals surface area contributed by atoms with E-state index in [0.29, 0.717) is 11.8 Å². The van der Waals surface area contributed by atoms with Gasteiger partial charge in [0.15, 0.2) is 11.5 Å². The molecule has 1 atom stereocenters. The summed E-state index contributed by atoms with van der Waals surface area (Å²) in [7, 11) is 3.49. The zero-order chi connectivity index (χ0) is 10.6. The molecule has 0 saturated carbocycles. The molecule has 0 aliphatic rings. The van der Waals surface area contributed by atoms with Gasteiger partial charge in [-0.05, 0) is 38.1 Å². The summed E-state index contributed by atoms with van der Waals surface area (Å²) in [6.07, 6.45) is 0.924. The van der Waals surface area contributed by atoms with Crippen LogP contribution < -0.4 is 10.1 Å². The number of rotatable bonds is 4. The number of hydrogen-bond donors (Lipinski definition) is 2. The maximum atomic E-state index is 9.39. The van der Waals surface area contributed by atoms with E-state index < -0.39 is 0 Å². The minimum absolute atomic E-state index is 0.188. The second kappa shape index (κ2) is 4.86. The molecule has 0 spiro atoms. The van der Waals surface area contributed by atoms with E-state index in [1.807, 2.05) is 19.2 Å². The van der Waals surface area contributed by atoms with Gasteiger partial charge in [-0.25, -0.2) is 0 Å². The lowest BCUT2D eigenvalue weighted by Gasteiger charge is -2.11. The molecule has 0 heterocycles. The van der Waals surface area contributed by atoms with Crippen LogP contribution in [0.5, 0.6) is 11.5 Å². The number of methoxy groups -OCH3 is 1. The molecule has 14 heavy (non-hydrogen) atoms. The minimum atomic E-state index is 0.188. The molecule has 0 unspecified atom stereocenters. The van der Waals surface area contributed by atoms with Gasteiger partial charge in [-0.1, -0.05) is 6.07 Å². The molecule has 0 saturated heterocycles. The van der Waals surface area contributed by atoms with Gasteiger partial charge in [-0.2, -0.15) is 0 Å². The first-order valence-electron chi connectivity index (χ1n) is 4.70. The highest BCUT2D eigenvalue weighted by molar-refractivity contribution is 5.41. The Bertz CT molecular complexity index is 299. The van der Waals surface area contributed by atoms with Crippen molar-refractivity contribution in [1.82, 2.24) is 5.32 Å². The highest BCUT2D eigenvalue weighted by Crippen LogP contribution is 2.26. The van der Waals surface area contributed by atoms with Crippen molar-refractivity contribution in [1.29, 1.82) is 0 Å². The second-order valence-electron chi connectivity index (χ2n) is 3.40. The summed E-state index contributed by atoms with van der Waals surface area (Å²) in [4.78, 5) is 0. The Morgan fingerprint density at radius 1 is 1.50 bits per heavy atom. The molecule has 0 radical (unpaired) electrons. The highest BCUT2D eigenvalue weighted by Gasteiger charge is 2.05. The van der Waals surface area contributed by atoms with Crippen molar-refractivity contribution in [3.05, 3.63) is 23.8 Å². The van der Waals surface area contributed by atoms with Crippen molar-refractivity contribution in [2.75, 3.05) is 14.2 Å². The molecule has 1 rings (SSSR count). The number of nitrogens with one attached hydrogen (secondary N) is 1. The first-order valence-corrected chi connectivity index (χ1v) is 4.70. The average Bonchev–Trinajstić information content (AvgIpc) is 2.20. The second-order valence-corrected chi connectivity index (χ2v) is 3.40. The van der Waals surface area contributed by atoms with E-state index in [-0.39, 0.29) is 5.75 Å². The summed E-state index contributed by atoms with van der Waals surface area (Å²) in [5.41, 5.74) is 1.15. The van der Waals surface area contributed by atoms with E-state index in [1.54, 1.807) is 13.2 Å². The Kier molecular flexibility index (Phi) is 3.77. The van der Waals surface area contributed by atoms with Crippen LogP contribution in [0.4, 0.5) is 0 Å². The summed E-state index contributed by atoms with van der Waals surface area (Å²) in [6, 6.07) is 5.86. The van der Waals surface area contributed by atoms with Crippen LogP contribution >= 0.6 is 0 Å². The summed E-state index contributed by atoms with van der Waals surface area (Å²) in [5, 5.41) is 12.5. The number of likely N-dealkylation sites (N-methyl/N-ethyl adjacent to an activating group) is 1. The fourth-order valence-electron chi connectivity index (χ4n) is 1.30. The van der Waals surface area contributed by atoms with Crippen molar-refractivity contribution in [2.45, 2.75) is 19.4 Å². The highest BCUT2D eigenvalue weighted by atomic mass is 16.5. The van der Waals surface area contributed by atoms with Crippen molar-refractivity contribution in [3.63, 3.8) is 0 Å². The molecule has 0 amide bonds. The standard InChI is InChI=1S/C11H17NO2/c1-8(12-2)6-9-4-5-10(13)11(7-9)14-3/h4-5,7-8,12-13H,6H2,1-3H3/t8-/m0/s1. The van der Waals surface area contributed by atoms with Gasteiger partial charge in [-0.3, -0.25) is 0 Å². The van der Waals surface area contributed by atoms with Crippen LogP contribution in [0, 0.1) is 0 Å². The molecular weight excluding hydrogens is 178 g/mol. The van der Waals surface area contributed by atoms with Crippen LogP contribution in [0.3, 0.4) is 0 Å². The van der Waals surface area contributed by atoms with E-state index in [4.69, 9.17) is 4.74 Å². The van der Waals surface area contributed by atoms with Crippen LogP contribution in [0.2, 0.25) is 0 Å². The van der Waals surface area contributed by atoms with Crippen LogP contribution in [0.25, 0.3) is 0 Å². The van der Waals surface area contributed by atoms with Crippen LogP contribution in [0.15, 0.2) is 18.2 Å². The van der Waals surface area contributed by atoms with Crippen LogP contribution in [0.1, 0.15) is 12.5 Å². The van der Waals surface area contributed by atoms with Crippen LogP contribution in [-0.2, 0) is 6.42 Å². The van der Waals surface area contributed by atoms with Gasteiger partial charge in [-0.15, -0.1) is 0 Å². The van der Waals surface area contributed by atoms with Gasteiger partial charge in [0.05, 0.1) is 7.11 Å². The first kappa shape index (κ1) is 10.9. The van der Waals surface area contributed by atoms with Gasteiger partial charge in [0, 0.05) is 6.04 Å². The molecule has 0 fully saturated rings. The smallest absolute Gasteiger partial charge is 0.160 e. The number of benzene rings is 1. The summed E-state index contributed by atoms with van der Waals surface area (Å²) in [5.74, 6) is 0.721. The summed E-state index contributed by atoms with van der Waals surface area (Å²) >= 11 is 0. The lowest BCUT2D eigenvalue weighted by Crippen LogP contribution is -2.23. The topological polar surface area (TPSA) is 41.5 Å². The zero-order valence-corrected chi connectivity index (χ0v) is 8.87. The molecule has 0 aliphatic carbocycles. The molecular formula is C11H17NO2. The Labute approximate surface area is 84.7 Å². The molecule has 2 N–H and O–H groups in total. The van der Waals surface area contributed by atoms with Gasteiger partial charge < -0.3 is 15.2 Å². The minimum Gasteiger partial charge on any atom is -0.504 e. The quantitative estimate of drug-likeness (QED) is 0.766. The third-order valence-electron chi connectivity index (χ3n) is 2.28. The lowest BCUT2D eigenvalue weighted by atomic mass is 10.1. The van der Waals surface area contributed by atoms with Crippen molar-refractivity contribution >= 4 is 0 Å². The SMILES string of the molecule is CN[C@@H](C)Cc1ccc(O)c(OC)c1. The summed E-state index contributed by atoms with van der Waals surface area (Å²) in [6.45, 7) is 2.11. The fraction of sp³-hybridized carbons (Fsp3) is 0.455. The first-order chi connectivity index (χ1) is 6.67. The molecule has 78 valence electrons. The third kappa shape index (κ3) is 2.64. The predicted octanol–water partition coefficient (Wildman–Crippen LogP) is 1.55. The fourth-order valence-corrected chi connectivity index (χ4v) is 1.30. The zero-order valence-electron chi connectivity index (χ0n) is 8.87. The largest absolute Gasteiger partial charge is 0.504 e. The molecule has 1 aromatic rings. The van der Waals surface area contributed by atoms with E-state index in [0.717, 1.165) is 12.0 Å². The number of ether oxygens (including phenoxy) is 1. The predicted molar refractivity (Wildman–Crippen MR) is 56.9 cm³/mol. The Morgan fingerprint density at radius 3 is 2.79 bits per heavy atom. The van der Waals surface area contributed by atoms with Crippen molar-refractivity contribution in [2.24, 2.45) is 0 Å². The van der Waals surface area contributed by atoms with Gasteiger partial charge in [0.1, 0.15) is 0 Å². The van der Waals surface area contributed by atoms with Gasteiger partial charge in [0.25, 0.3) is 0 Å². The maximum absolute atomic E-state index is 9.39. The van der Waals surface area contributed by atoms with Crippen molar-refractivity contribution < 1.29 is 9.84 Å². The molecule has 3 heteroatoms. The lowest BCUT2D eigenvalue weighted by molar-refractivity contribution is 0.372. The third-order valence-corrected chi connectivity index (χ3v) is 2.28. The molecule has 0 bridgehead atoms. The van der Waals surface area contributed by atoms with Crippen LogP contribution in [-0.4, -0.2) is 25.3 Å². The monoisotopic (exact) mass is 195 g/mol. The number of aromatic hydroxyl groups is 1. The van der Waals surface area contributed by atoms with Gasteiger partial charge in [0.2, 0.25) is 0 Å². The average molecular weight is 195 g/mol. The Morgan fingerprint density at radius 2 is 2.21 bits per heavy atom. The number of phenolic OH excluding ortho intramolecular Hbond substituents is 1. The molecule has 3 nitrogen and oxygen atoms in total. The molecule has 0 aliphatic heterocycles. The van der Waals surface area contributed by atoms with E-state index in [2.05, 4.69) is 12.2 Å². The van der Waals surface area contributed by atoms with E-state index in [1.165, 1.54) is 0 Å². The van der Waals surface area contributed by atoms with E-state index in [9.17, 15) is 5.11 Å².